The predicted octanol–water partition coefficient (Wildman–Crippen LogP) is 6.42. The topological polar surface area (TPSA) is 41.5 Å². The smallest absolute Gasteiger partial charge is 0.115 e. The summed E-state index contributed by atoms with van der Waals surface area (Å²) in [5.41, 5.74) is 5.01. The molecule has 3 nitrogen and oxygen atoms in total. The average Bonchev–Trinajstić information content (AvgIpc) is 2.82. The molecule has 0 bridgehead atoms. The van der Waals surface area contributed by atoms with Gasteiger partial charge in [-0.25, -0.2) is 0 Å². The summed E-state index contributed by atoms with van der Waals surface area (Å²) in [5.74, 6) is 0.745. The van der Waals surface area contributed by atoms with Gasteiger partial charge in [-0.2, -0.15) is 0 Å². The predicted molar refractivity (Wildman–Crippen MR) is 130 cm³/mol. The first-order valence-corrected chi connectivity index (χ1v) is 11.3. The maximum Gasteiger partial charge on any atom is 0.115 e. The summed E-state index contributed by atoms with van der Waals surface area (Å²) in [5, 5.41) is 13.1. The Kier molecular flexibility index (Phi) is 8.13. The van der Waals surface area contributed by atoms with Gasteiger partial charge in [0.1, 0.15) is 5.75 Å². The first kappa shape index (κ1) is 22.9. The molecule has 0 fully saturated rings. The number of hydrogen-bond acceptors (Lipinski definition) is 3. The van der Waals surface area contributed by atoms with Crippen molar-refractivity contribution < 1.29 is 9.84 Å². The molecule has 0 aliphatic heterocycles. The zero-order chi connectivity index (χ0) is 22.1. The van der Waals surface area contributed by atoms with Crippen LogP contribution in [0.25, 0.3) is 0 Å². The Bertz CT molecular complexity index is 906. The van der Waals surface area contributed by atoms with Gasteiger partial charge < -0.3 is 15.2 Å². The average molecular weight is 418 g/mol. The summed E-state index contributed by atoms with van der Waals surface area (Å²) in [6.45, 7) is 6.08. The molecule has 0 heterocycles. The van der Waals surface area contributed by atoms with Crippen LogP contribution in [0.1, 0.15) is 43.4 Å². The van der Waals surface area contributed by atoms with Crippen molar-refractivity contribution in [3.05, 3.63) is 95.6 Å². The summed E-state index contributed by atoms with van der Waals surface area (Å²) in [6, 6.07) is 27.5. The Morgan fingerprint density at radius 3 is 2.10 bits per heavy atom. The minimum atomic E-state index is -0.0844. The third-order valence-electron chi connectivity index (χ3n) is 6.49. The molecule has 0 aromatic heterocycles. The number of anilines is 1. The molecule has 0 saturated heterocycles. The van der Waals surface area contributed by atoms with Crippen LogP contribution in [0.4, 0.5) is 5.69 Å². The van der Waals surface area contributed by atoms with E-state index in [1.807, 2.05) is 12.1 Å². The van der Waals surface area contributed by atoms with Crippen LogP contribution in [0.2, 0.25) is 0 Å². The molecule has 3 rings (SSSR count). The fourth-order valence-electron chi connectivity index (χ4n) is 4.84. The van der Waals surface area contributed by atoms with E-state index in [0.29, 0.717) is 18.3 Å². The van der Waals surface area contributed by atoms with E-state index in [9.17, 15) is 5.11 Å². The van der Waals surface area contributed by atoms with Crippen LogP contribution in [-0.4, -0.2) is 25.4 Å². The Morgan fingerprint density at radius 2 is 1.52 bits per heavy atom. The number of aromatic hydroxyl groups is 1. The number of nitrogens with one attached hydrogen (secondary N) is 1. The first-order chi connectivity index (χ1) is 15.1. The van der Waals surface area contributed by atoms with Gasteiger partial charge in [0.15, 0.2) is 0 Å². The summed E-state index contributed by atoms with van der Waals surface area (Å²) in [7, 11) is 1.72. The molecule has 0 aliphatic rings. The molecule has 0 spiro atoms. The molecule has 2 atom stereocenters. The third-order valence-corrected chi connectivity index (χ3v) is 6.49. The largest absolute Gasteiger partial charge is 0.508 e. The fourth-order valence-corrected chi connectivity index (χ4v) is 4.84. The monoisotopic (exact) mass is 417 g/mol. The Hall–Kier alpha value is -2.78. The molecule has 0 saturated carbocycles. The third kappa shape index (κ3) is 5.29. The van der Waals surface area contributed by atoms with Gasteiger partial charge in [-0.05, 0) is 59.7 Å². The number of hydrogen-bond donors (Lipinski definition) is 2. The van der Waals surface area contributed by atoms with Crippen molar-refractivity contribution in [2.24, 2.45) is 5.92 Å². The first-order valence-electron chi connectivity index (χ1n) is 11.3. The number of methoxy groups -OCH3 is 1. The van der Waals surface area contributed by atoms with Gasteiger partial charge in [0.05, 0.1) is 6.61 Å². The lowest BCUT2D eigenvalue weighted by Crippen LogP contribution is -2.37. The van der Waals surface area contributed by atoms with Crippen LogP contribution in [0.3, 0.4) is 0 Å². The van der Waals surface area contributed by atoms with Crippen molar-refractivity contribution in [1.82, 2.24) is 0 Å². The zero-order valence-electron chi connectivity index (χ0n) is 19.0. The van der Waals surface area contributed by atoms with E-state index in [4.69, 9.17) is 4.74 Å². The molecule has 2 N–H and O–H groups in total. The van der Waals surface area contributed by atoms with E-state index in [-0.39, 0.29) is 5.41 Å². The number of rotatable bonds is 11. The second-order valence-corrected chi connectivity index (χ2v) is 8.16. The van der Waals surface area contributed by atoms with E-state index in [0.717, 1.165) is 31.5 Å². The van der Waals surface area contributed by atoms with Crippen LogP contribution in [0, 0.1) is 5.92 Å². The maximum absolute atomic E-state index is 9.70. The Balaban J connectivity index is 2.01. The van der Waals surface area contributed by atoms with Crippen LogP contribution in [0.5, 0.6) is 5.75 Å². The number of benzene rings is 3. The molecule has 3 heteroatoms. The number of phenolic OH excluding ortho intramolecular Hbond substituents is 1. The summed E-state index contributed by atoms with van der Waals surface area (Å²) >= 11 is 0. The number of phenols is 1. The Labute approximate surface area is 187 Å². The fraction of sp³-hybridized carbons (Fsp3) is 0.357. The summed E-state index contributed by atoms with van der Waals surface area (Å²) < 4.78 is 5.15. The molecule has 2 unspecified atom stereocenters. The second kappa shape index (κ2) is 11.0. The van der Waals surface area contributed by atoms with Gasteiger partial charge in [-0.15, -0.1) is 0 Å². The van der Waals surface area contributed by atoms with Crippen molar-refractivity contribution in [1.29, 1.82) is 0 Å². The van der Waals surface area contributed by atoms with Gasteiger partial charge >= 0.3 is 0 Å². The maximum atomic E-state index is 9.70. The van der Waals surface area contributed by atoms with Crippen molar-refractivity contribution in [3.8, 4) is 5.75 Å². The van der Waals surface area contributed by atoms with Crippen molar-refractivity contribution in [3.63, 3.8) is 0 Å². The lowest BCUT2D eigenvalue weighted by atomic mass is 9.61. The second-order valence-electron chi connectivity index (χ2n) is 8.16. The molecule has 0 radical (unpaired) electrons. The van der Waals surface area contributed by atoms with Gasteiger partial charge in [0.25, 0.3) is 0 Å². The lowest BCUT2D eigenvalue weighted by molar-refractivity contribution is 0.211. The molecule has 0 amide bonds. The van der Waals surface area contributed by atoms with Crippen LogP contribution < -0.4 is 5.32 Å². The molecular weight excluding hydrogens is 382 g/mol. The van der Waals surface area contributed by atoms with E-state index in [1.165, 1.54) is 16.7 Å². The van der Waals surface area contributed by atoms with Crippen LogP contribution in [-0.2, 0) is 16.6 Å². The normalized spacial score (nSPS) is 14.0. The summed E-state index contributed by atoms with van der Waals surface area (Å²) in [6.07, 6.45) is 3.05. The molecule has 164 valence electrons. The highest BCUT2D eigenvalue weighted by molar-refractivity contribution is 5.49. The highest BCUT2D eigenvalue weighted by atomic mass is 16.5. The minimum absolute atomic E-state index is 0.0844. The highest BCUT2D eigenvalue weighted by Crippen LogP contribution is 2.45. The molecular formula is C28H35NO2. The van der Waals surface area contributed by atoms with Crippen LogP contribution in [0.15, 0.2) is 78.9 Å². The molecule has 3 aromatic rings. The number of ether oxygens (including phenoxy) is 1. The Morgan fingerprint density at radius 1 is 0.871 bits per heavy atom. The van der Waals surface area contributed by atoms with Gasteiger partial charge in [-0.1, -0.05) is 74.9 Å². The highest BCUT2D eigenvalue weighted by Gasteiger charge is 2.39. The molecule has 3 aromatic carbocycles. The van der Waals surface area contributed by atoms with Crippen LogP contribution >= 0.6 is 0 Å². The van der Waals surface area contributed by atoms with Gasteiger partial charge in [0.2, 0.25) is 0 Å². The van der Waals surface area contributed by atoms with Crippen molar-refractivity contribution >= 4 is 5.69 Å². The van der Waals surface area contributed by atoms with E-state index < -0.39 is 0 Å². The quantitative estimate of drug-likeness (QED) is 0.354. The minimum Gasteiger partial charge on any atom is -0.508 e. The SMILES string of the molecule is CCC(Cc1ccc(O)cc1)C(CC)(c1ccccc1)c1ccc(NCCOC)cc1. The van der Waals surface area contributed by atoms with E-state index in [2.05, 4.69) is 73.8 Å². The van der Waals surface area contributed by atoms with Gasteiger partial charge in [0, 0.05) is 24.8 Å². The zero-order valence-corrected chi connectivity index (χ0v) is 19.0. The van der Waals surface area contributed by atoms with Gasteiger partial charge in [-0.3, -0.25) is 0 Å². The van der Waals surface area contributed by atoms with E-state index in [1.54, 1.807) is 19.2 Å². The van der Waals surface area contributed by atoms with Crippen molar-refractivity contribution in [2.75, 3.05) is 25.6 Å². The summed E-state index contributed by atoms with van der Waals surface area (Å²) in [4.78, 5) is 0. The standard InChI is InChI=1S/C28H35NO2/c1-4-23(21-22-11-17-27(30)18-12-22)28(5-2,24-9-7-6-8-10-24)25-13-15-26(16-14-25)29-19-20-31-3/h6-18,23,29-30H,4-5,19-21H2,1-3H3. The van der Waals surface area contributed by atoms with E-state index >= 15 is 0 Å². The molecule has 31 heavy (non-hydrogen) atoms. The van der Waals surface area contributed by atoms with Crippen molar-refractivity contribution in [2.45, 2.75) is 38.5 Å². The lowest BCUT2D eigenvalue weighted by Gasteiger charge is -2.42. The molecule has 0 aliphatic carbocycles.